The molecule has 1 aliphatic heterocycles. The van der Waals surface area contributed by atoms with Crippen LogP contribution in [0.5, 0.6) is 0 Å². The highest BCUT2D eigenvalue weighted by Gasteiger charge is 2.46. The first-order valence-corrected chi connectivity index (χ1v) is 9.07. The van der Waals surface area contributed by atoms with Gasteiger partial charge >= 0.3 is 0 Å². The molecule has 3 aliphatic rings. The van der Waals surface area contributed by atoms with Gasteiger partial charge in [-0.15, -0.1) is 0 Å². The predicted molar refractivity (Wildman–Crippen MR) is 85.8 cm³/mol. The van der Waals surface area contributed by atoms with Gasteiger partial charge in [0.15, 0.2) is 0 Å². The van der Waals surface area contributed by atoms with Gasteiger partial charge in [-0.1, -0.05) is 46.5 Å². The molecule has 2 saturated carbocycles. The van der Waals surface area contributed by atoms with Crippen LogP contribution in [0.25, 0.3) is 0 Å². The molecule has 1 amide bonds. The zero-order chi connectivity index (χ0) is 15.0. The Hall–Kier alpha value is -0.570. The van der Waals surface area contributed by atoms with Crippen molar-refractivity contribution in [1.82, 2.24) is 10.2 Å². The van der Waals surface area contributed by atoms with Gasteiger partial charge in [-0.2, -0.15) is 0 Å². The van der Waals surface area contributed by atoms with Crippen LogP contribution < -0.4 is 5.32 Å². The maximum atomic E-state index is 12.9. The van der Waals surface area contributed by atoms with Crippen molar-refractivity contribution in [2.75, 3.05) is 6.54 Å². The van der Waals surface area contributed by atoms with E-state index in [-0.39, 0.29) is 6.04 Å². The van der Waals surface area contributed by atoms with Gasteiger partial charge in [0.05, 0.1) is 12.2 Å². The summed E-state index contributed by atoms with van der Waals surface area (Å²) in [5.41, 5.74) is 0.361. The lowest BCUT2D eigenvalue weighted by atomic mass is 9.87. The first-order valence-electron chi connectivity index (χ1n) is 9.07. The zero-order valence-corrected chi connectivity index (χ0v) is 14.0. The molecule has 3 fully saturated rings. The first-order chi connectivity index (χ1) is 10.0. The Morgan fingerprint density at radius 2 is 1.81 bits per heavy atom. The summed E-state index contributed by atoms with van der Waals surface area (Å²) in [4.78, 5) is 15.1. The van der Waals surface area contributed by atoms with E-state index in [0.29, 0.717) is 29.3 Å². The van der Waals surface area contributed by atoms with E-state index in [0.717, 1.165) is 6.54 Å². The molecule has 0 aromatic heterocycles. The topological polar surface area (TPSA) is 32.3 Å². The maximum Gasteiger partial charge on any atom is 0.241 e. The fourth-order valence-electron chi connectivity index (χ4n) is 4.78. The largest absolute Gasteiger partial charge is 0.325 e. The van der Waals surface area contributed by atoms with Crippen molar-refractivity contribution < 1.29 is 4.79 Å². The lowest BCUT2D eigenvalue weighted by Gasteiger charge is -2.35. The first kappa shape index (κ1) is 15.3. The minimum absolute atomic E-state index is 0.0422. The van der Waals surface area contributed by atoms with Crippen LogP contribution in [-0.2, 0) is 4.79 Å². The molecule has 1 saturated heterocycles. The molecule has 0 bridgehead atoms. The van der Waals surface area contributed by atoms with Crippen molar-refractivity contribution in [3.63, 3.8) is 0 Å². The monoisotopic (exact) mass is 292 g/mol. The average Bonchev–Trinajstić information content (AvgIpc) is 3.13. The average molecular weight is 292 g/mol. The predicted octanol–water partition coefficient (Wildman–Crippen LogP) is 3.54. The molecule has 1 N–H and O–H groups in total. The lowest BCUT2D eigenvalue weighted by Crippen LogP contribution is -2.46. The van der Waals surface area contributed by atoms with E-state index in [1.165, 1.54) is 51.4 Å². The number of carbonyl (C=O) groups is 1. The second-order valence-electron chi connectivity index (χ2n) is 8.36. The molecule has 3 rings (SSSR count). The molecule has 0 aromatic rings. The van der Waals surface area contributed by atoms with E-state index in [1.807, 2.05) is 0 Å². The zero-order valence-electron chi connectivity index (χ0n) is 14.0. The lowest BCUT2D eigenvalue weighted by molar-refractivity contribution is -0.132. The van der Waals surface area contributed by atoms with Crippen LogP contribution in [-0.4, -0.2) is 29.6 Å². The molecule has 120 valence electrons. The van der Waals surface area contributed by atoms with Crippen LogP contribution in [0.1, 0.15) is 72.1 Å². The Kier molecular flexibility index (Phi) is 4.31. The van der Waals surface area contributed by atoms with Gasteiger partial charge in [0.25, 0.3) is 0 Å². The SMILES string of the molecule is CC(C)C1NC(C2CCCC2)N(CC2(C)CCCC2)C1=O. The summed E-state index contributed by atoms with van der Waals surface area (Å²) in [6.45, 7) is 7.70. The molecule has 2 unspecified atom stereocenters. The van der Waals surface area contributed by atoms with Crippen molar-refractivity contribution in [2.45, 2.75) is 84.3 Å². The van der Waals surface area contributed by atoms with E-state index in [1.54, 1.807) is 0 Å². The fourth-order valence-corrected chi connectivity index (χ4v) is 4.78. The van der Waals surface area contributed by atoms with E-state index >= 15 is 0 Å². The van der Waals surface area contributed by atoms with E-state index < -0.39 is 0 Å². The highest BCUT2D eigenvalue weighted by Crippen LogP contribution is 2.41. The highest BCUT2D eigenvalue weighted by atomic mass is 16.2. The third-order valence-electron chi connectivity index (χ3n) is 6.11. The van der Waals surface area contributed by atoms with E-state index in [9.17, 15) is 4.79 Å². The van der Waals surface area contributed by atoms with Gasteiger partial charge < -0.3 is 4.90 Å². The summed E-state index contributed by atoms with van der Waals surface area (Å²) >= 11 is 0. The van der Waals surface area contributed by atoms with Crippen LogP contribution >= 0.6 is 0 Å². The van der Waals surface area contributed by atoms with Crippen molar-refractivity contribution >= 4 is 5.91 Å². The molecule has 0 spiro atoms. The minimum Gasteiger partial charge on any atom is -0.325 e. The molecule has 0 radical (unpaired) electrons. The smallest absolute Gasteiger partial charge is 0.241 e. The van der Waals surface area contributed by atoms with E-state index in [4.69, 9.17) is 0 Å². The summed E-state index contributed by atoms with van der Waals surface area (Å²) in [6, 6.07) is 0.0422. The molecule has 2 aliphatic carbocycles. The number of nitrogens with one attached hydrogen (secondary N) is 1. The Labute approximate surface area is 129 Å². The van der Waals surface area contributed by atoms with Crippen molar-refractivity contribution in [3.05, 3.63) is 0 Å². The highest BCUT2D eigenvalue weighted by molar-refractivity contribution is 5.84. The molecule has 21 heavy (non-hydrogen) atoms. The summed E-state index contributed by atoms with van der Waals surface area (Å²) < 4.78 is 0. The Balaban J connectivity index is 1.77. The van der Waals surface area contributed by atoms with Crippen LogP contribution in [0.4, 0.5) is 0 Å². The minimum atomic E-state index is 0.0422. The van der Waals surface area contributed by atoms with Crippen LogP contribution in [0.2, 0.25) is 0 Å². The summed E-state index contributed by atoms with van der Waals surface area (Å²) in [5, 5.41) is 3.70. The van der Waals surface area contributed by atoms with Gasteiger partial charge in [0.2, 0.25) is 5.91 Å². The second kappa shape index (κ2) is 5.91. The fraction of sp³-hybridized carbons (Fsp3) is 0.944. The molecule has 1 heterocycles. The third-order valence-corrected chi connectivity index (χ3v) is 6.11. The molecule has 2 atom stereocenters. The molecular formula is C18H32N2O. The number of nitrogens with zero attached hydrogens (tertiary/aromatic N) is 1. The Bertz CT molecular complexity index is 381. The number of amides is 1. The number of hydrogen-bond acceptors (Lipinski definition) is 2. The van der Waals surface area contributed by atoms with E-state index in [2.05, 4.69) is 31.0 Å². The van der Waals surface area contributed by atoms with Gasteiger partial charge in [-0.3, -0.25) is 10.1 Å². The van der Waals surface area contributed by atoms with Crippen LogP contribution in [0, 0.1) is 17.3 Å². The molecule has 3 heteroatoms. The van der Waals surface area contributed by atoms with Gasteiger partial charge in [0, 0.05) is 6.54 Å². The van der Waals surface area contributed by atoms with Gasteiger partial charge in [-0.25, -0.2) is 0 Å². The summed E-state index contributed by atoms with van der Waals surface area (Å²) in [5.74, 6) is 1.44. The van der Waals surface area contributed by atoms with Crippen LogP contribution in [0.3, 0.4) is 0 Å². The number of hydrogen-bond donors (Lipinski definition) is 1. The number of carbonyl (C=O) groups excluding carboxylic acids is 1. The summed E-state index contributed by atoms with van der Waals surface area (Å²) in [6.07, 6.45) is 10.8. The van der Waals surface area contributed by atoms with Gasteiger partial charge in [-0.05, 0) is 42.9 Å². The Morgan fingerprint density at radius 3 is 2.38 bits per heavy atom. The van der Waals surface area contributed by atoms with Crippen molar-refractivity contribution in [3.8, 4) is 0 Å². The quantitative estimate of drug-likeness (QED) is 0.859. The molecule has 0 aromatic carbocycles. The third kappa shape index (κ3) is 2.99. The Morgan fingerprint density at radius 1 is 1.19 bits per heavy atom. The summed E-state index contributed by atoms with van der Waals surface area (Å²) in [7, 11) is 0. The normalized spacial score (nSPS) is 33.5. The maximum absolute atomic E-state index is 12.9. The van der Waals surface area contributed by atoms with Crippen LogP contribution in [0.15, 0.2) is 0 Å². The molecule has 3 nitrogen and oxygen atoms in total. The van der Waals surface area contributed by atoms with Crippen molar-refractivity contribution in [1.29, 1.82) is 0 Å². The molecular weight excluding hydrogens is 260 g/mol. The van der Waals surface area contributed by atoms with Crippen molar-refractivity contribution in [2.24, 2.45) is 17.3 Å². The number of rotatable bonds is 4. The standard InChI is InChI=1S/C18H32N2O/c1-13(2)15-17(21)20(12-18(3)10-6-7-11-18)16(19-15)14-8-4-5-9-14/h13-16,19H,4-12H2,1-3H3. The second-order valence-corrected chi connectivity index (χ2v) is 8.36. The van der Waals surface area contributed by atoms with Gasteiger partial charge in [0.1, 0.15) is 0 Å².